The van der Waals surface area contributed by atoms with Crippen LogP contribution in [-0.4, -0.2) is 24.7 Å². The minimum absolute atomic E-state index is 0.162. The van der Waals surface area contributed by atoms with Crippen LogP contribution < -0.4 is 5.32 Å². The Hall–Kier alpha value is -0.570. The number of carbonyl (C=O) groups excluding carboxylic acids is 1. The molecule has 1 amide bonds. The summed E-state index contributed by atoms with van der Waals surface area (Å²) in [6.07, 6.45) is 5.08. The Morgan fingerprint density at radius 3 is 3.00 bits per heavy atom. The fraction of sp³-hybridized carbons (Fsp3) is 0.909. The van der Waals surface area contributed by atoms with Crippen LogP contribution in [-0.2, 0) is 9.53 Å². The Labute approximate surface area is 86.2 Å². The molecule has 2 unspecified atom stereocenters. The zero-order chi connectivity index (χ0) is 10.4. The molecular formula is C11H21NO2. The van der Waals surface area contributed by atoms with Gasteiger partial charge in [-0.15, -0.1) is 0 Å². The average Bonchev–Trinajstić information content (AvgIpc) is 2.67. The van der Waals surface area contributed by atoms with Gasteiger partial charge in [0, 0.05) is 19.1 Å². The molecule has 14 heavy (non-hydrogen) atoms. The Balaban J connectivity index is 2.08. The molecule has 1 rings (SSSR count). The Kier molecular flexibility index (Phi) is 4.94. The van der Waals surface area contributed by atoms with Gasteiger partial charge in [0.2, 0.25) is 5.91 Å². The van der Waals surface area contributed by atoms with E-state index in [-0.39, 0.29) is 5.91 Å². The number of amides is 1. The molecule has 1 fully saturated rings. The second-order valence-corrected chi connectivity index (χ2v) is 4.05. The van der Waals surface area contributed by atoms with Crippen molar-refractivity contribution in [2.24, 2.45) is 0 Å². The molecule has 0 aromatic rings. The van der Waals surface area contributed by atoms with E-state index in [2.05, 4.69) is 12.2 Å². The van der Waals surface area contributed by atoms with Gasteiger partial charge in [-0.25, -0.2) is 0 Å². The third-order valence-electron chi connectivity index (χ3n) is 2.74. The van der Waals surface area contributed by atoms with Crippen molar-refractivity contribution in [2.75, 3.05) is 6.61 Å². The van der Waals surface area contributed by atoms with E-state index in [0.29, 0.717) is 18.6 Å². The third-order valence-corrected chi connectivity index (χ3v) is 2.74. The summed E-state index contributed by atoms with van der Waals surface area (Å²) in [5.74, 6) is 0.162. The highest BCUT2D eigenvalue weighted by Crippen LogP contribution is 2.16. The largest absolute Gasteiger partial charge is 0.378 e. The summed E-state index contributed by atoms with van der Waals surface area (Å²) in [5.41, 5.74) is 0. The number of hydrogen-bond donors (Lipinski definition) is 1. The molecule has 2 atom stereocenters. The molecule has 1 N–H and O–H groups in total. The molecule has 0 aliphatic carbocycles. The van der Waals surface area contributed by atoms with Crippen LogP contribution in [0.4, 0.5) is 0 Å². The van der Waals surface area contributed by atoms with Crippen LogP contribution in [0.2, 0.25) is 0 Å². The van der Waals surface area contributed by atoms with E-state index in [0.717, 1.165) is 32.3 Å². The highest BCUT2D eigenvalue weighted by Gasteiger charge is 2.16. The number of hydrogen-bond acceptors (Lipinski definition) is 2. The van der Waals surface area contributed by atoms with Crippen molar-refractivity contribution in [3.8, 4) is 0 Å². The molecule has 0 bridgehead atoms. The molecule has 3 heteroatoms. The smallest absolute Gasteiger partial charge is 0.220 e. The predicted octanol–water partition coefficient (Wildman–Crippen LogP) is 1.86. The fourth-order valence-corrected chi connectivity index (χ4v) is 1.61. The summed E-state index contributed by atoms with van der Waals surface area (Å²) in [6, 6.07) is 0.298. The van der Waals surface area contributed by atoms with Crippen molar-refractivity contribution in [2.45, 2.75) is 58.1 Å². The van der Waals surface area contributed by atoms with Gasteiger partial charge >= 0.3 is 0 Å². The van der Waals surface area contributed by atoms with Crippen LogP contribution in [0.5, 0.6) is 0 Å². The van der Waals surface area contributed by atoms with Crippen LogP contribution in [0.3, 0.4) is 0 Å². The molecule has 1 heterocycles. The molecule has 0 saturated carbocycles. The van der Waals surface area contributed by atoms with Crippen LogP contribution in [0, 0.1) is 0 Å². The quantitative estimate of drug-likeness (QED) is 0.734. The molecule has 1 saturated heterocycles. The molecule has 3 nitrogen and oxygen atoms in total. The molecule has 0 aromatic heterocycles. The maximum absolute atomic E-state index is 11.4. The third kappa shape index (κ3) is 4.09. The van der Waals surface area contributed by atoms with E-state index in [4.69, 9.17) is 4.74 Å². The van der Waals surface area contributed by atoms with Crippen molar-refractivity contribution in [3.05, 3.63) is 0 Å². The van der Waals surface area contributed by atoms with Gasteiger partial charge in [0.15, 0.2) is 0 Å². The van der Waals surface area contributed by atoms with Gasteiger partial charge < -0.3 is 10.1 Å². The van der Waals surface area contributed by atoms with Crippen LogP contribution >= 0.6 is 0 Å². The summed E-state index contributed by atoms with van der Waals surface area (Å²) < 4.78 is 5.45. The first-order valence-corrected chi connectivity index (χ1v) is 5.63. The van der Waals surface area contributed by atoms with E-state index in [1.54, 1.807) is 0 Å². The van der Waals surface area contributed by atoms with Gasteiger partial charge in [0.25, 0.3) is 0 Å². The zero-order valence-electron chi connectivity index (χ0n) is 9.21. The van der Waals surface area contributed by atoms with Crippen molar-refractivity contribution < 1.29 is 9.53 Å². The molecule has 1 aliphatic heterocycles. The Morgan fingerprint density at radius 2 is 2.43 bits per heavy atom. The Morgan fingerprint density at radius 1 is 1.64 bits per heavy atom. The summed E-state index contributed by atoms with van der Waals surface area (Å²) >= 11 is 0. The summed E-state index contributed by atoms with van der Waals surface area (Å²) in [6.45, 7) is 4.98. The van der Waals surface area contributed by atoms with Crippen molar-refractivity contribution in [3.63, 3.8) is 0 Å². The normalized spacial score (nSPS) is 23.4. The zero-order valence-corrected chi connectivity index (χ0v) is 9.21. The number of nitrogens with one attached hydrogen (secondary N) is 1. The topological polar surface area (TPSA) is 38.3 Å². The van der Waals surface area contributed by atoms with E-state index >= 15 is 0 Å². The maximum Gasteiger partial charge on any atom is 0.220 e. The first-order chi connectivity index (χ1) is 6.72. The van der Waals surface area contributed by atoms with Crippen LogP contribution in [0.25, 0.3) is 0 Å². The first kappa shape index (κ1) is 11.5. The predicted molar refractivity (Wildman–Crippen MR) is 56.1 cm³/mol. The maximum atomic E-state index is 11.4. The number of ether oxygens (including phenoxy) is 1. The van der Waals surface area contributed by atoms with E-state index < -0.39 is 0 Å². The van der Waals surface area contributed by atoms with Crippen molar-refractivity contribution >= 4 is 5.91 Å². The lowest BCUT2D eigenvalue weighted by atomic mass is 10.1. The average molecular weight is 199 g/mol. The van der Waals surface area contributed by atoms with Crippen molar-refractivity contribution in [1.82, 2.24) is 5.32 Å². The van der Waals surface area contributed by atoms with E-state index in [1.165, 1.54) is 0 Å². The van der Waals surface area contributed by atoms with Crippen molar-refractivity contribution in [1.29, 1.82) is 0 Å². The van der Waals surface area contributed by atoms with Gasteiger partial charge in [-0.1, -0.05) is 6.92 Å². The minimum atomic E-state index is 0.162. The molecule has 1 aliphatic rings. The second kappa shape index (κ2) is 6.02. The van der Waals surface area contributed by atoms with E-state index in [1.807, 2.05) is 6.92 Å². The molecule has 0 spiro atoms. The van der Waals surface area contributed by atoms with Gasteiger partial charge in [-0.3, -0.25) is 4.79 Å². The minimum Gasteiger partial charge on any atom is -0.378 e. The number of carbonyl (C=O) groups is 1. The standard InChI is InChI=1S/C11H21NO2/c1-3-9(2)12-11(13)7-6-10-5-4-8-14-10/h9-10H,3-8H2,1-2H3,(H,12,13). The van der Waals surface area contributed by atoms with Gasteiger partial charge in [0.1, 0.15) is 0 Å². The van der Waals surface area contributed by atoms with E-state index in [9.17, 15) is 4.79 Å². The lowest BCUT2D eigenvalue weighted by molar-refractivity contribution is -0.122. The lowest BCUT2D eigenvalue weighted by Crippen LogP contribution is -2.32. The van der Waals surface area contributed by atoms with Gasteiger partial charge in [-0.05, 0) is 32.6 Å². The van der Waals surface area contributed by atoms with Crippen LogP contribution in [0.15, 0.2) is 0 Å². The second-order valence-electron chi connectivity index (χ2n) is 4.05. The highest BCUT2D eigenvalue weighted by molar-refractivity contribution is 5.76. The number of rotatable bonds is 5. The monoisotopic (exact) mass is 199 g/mol. The fourth-order valence-electron chi connectivity index (χ4n) is 1.61. The first-order valence-electron chi connectivity index (χ1n) is 5.63. The summed E-state index contributed by atoms with van der Waals surface area (Å²) in [5, 5.41) is 2.96. The van der Waals surface area contributed by atoms with Crippen LogP contribution in [0.1, 0.15) is 46.0 Å². The molecular weight excluding hydrogens is 178 g/mol. The van der Waals surface area contributed by atoms with Gasteiger partial charge in [-0.2, -0.15) is 0 Å². The Bertz CT molecular complexity index is 176. The molecule has 0 radical (unpaired) electrons. The summed E-state index contributed by atoms with van der Waals surface area (Å²) in [7, 11) is 0. The SMILES string of the molecule is CCC(C)NC(=O)CCC1CCCO1. The van der Waals surface area contributed by atoms with Gasteiger partial charge in [0.05, 0.1) is 6.10 Å². The highest BCUT2D eigenvalue weighted by atomic mass is 16.5. The lowest BCUT2D eigenvalue weighted by Gasteiger charge is -2.12. The molecule has 0 aromatic carbocycles. The summed E-state index contributed by atoms with van der Waals surface area (Å²) in [4.78, 5) is 11.4. The molecule has 82 valence electrons.